The molecular weight excluding hydrogens is 284 g/mol. The van der Waals surface area contributed by atoms with Crippen molar-refractivity contribution in [2.24, 2.45) is 5.41 Å². The zero-order chi connectivity index (χ0) is 14.7. The summed E-state index contributed by atoms with van der Waals surface area (Å²) in [5, 5.41) is 8.89. The Labute approximate surface area is 119 Å². The number of sulfonamides is 1. The predicted octanol–water partition coefficient (Wildman–Crippen LogP) is 2.93. The highest BCUT2D eigenvalue weighted by Gasteiger charge is 2.21. The van der Waals surface area contributed by atoms with E-state index in [4.69, 9.17) is 16.9 Å². The fourth-order valence-corrected chi connectivity index (χ4v) is 2.81. The van der Waals surface area contributed by atoms with Gasteiger partial charge in [0.1, 0.15) is 6.07 Å². The lowest BCUT2D eigenvalue weighted by atomic mass is 9.91. The van der Waals surface area contributed by atoms with Gasteiger partial charge in [-0.25, -0.2) is 13.1 Å². The molecule has 0 spiro atoms. The van der Waals surface area contributed by atoms with Gasteiger partial charge in [0.25, 0.3) is 0 Å². The van der Waals surface area contributed by atoms with E-state index in [9.17, 15) is 8.42 Å². The highest BCUT2D eigenvalue weighted by atomic mass is 35.5. The first-order valence-electron chi connectivity index (χ1n) is 5.91. The zero-order valence-corrected chi connectivity index (χ0v) is 12.8. The van der Waals surface area contributed by atoms with Crippen LogP contribution in [0.15, 0.2) is 23.1 Å². The molecule has 1 N–H and O–H groups in total. The highest BCUT2D eigenvalue weighted by molar-refractivity contribution is 7.89. The molecule has 4 nitrogen and oxygen atoms in total. The molecule has 0 radical (unpaired) electrons. The lowest BCUT2D eigenvalue weighted by molar-refractivity contribution is 0.350. The fourth-order valence-electron chi connectivity index (χ4n) is 1.25. The summed E-state index contributed by atoms with van der Waals surface area (Å²) in [6.45, 7) is 6.33. The van der Waals surface area contributed by atoms with Gasteiger partial charge in [-0.15, -0.1) is 0 Å². The summed E-state index contributed by atoms with van der Waals surface area (Å²) in [5.74, 6) is 0. The van der Waals surface area contributed by atoms with Crippen LogP contribution in [-0.4, -0.2) is 15.0 Å². The Morgan fingerprint density at radius 1 is 1.42 bits per heavy atom. The molecule has 0 amide bonds. The van der Waals surface area contributed by atoms with Crippen molar-refractivity contribution in [3.63, 3.8) is 0 Å². The number of nitrogens with one attached hydrogen (secondary N) is 1. The molecule has 0 saturated heterocycles. The van der Waals surface area contributed by atoms with Gasteiger partial charge in [-0.05, 0) is 30.0 Å². The lowest BCUT2D eigenvalue weighted by Crippen LogP contribution is -2.33. The second-order valence-electron chi connectivity index (χ2n) is 5.10. The van der Waals surface area contributed by atoms with Gasteiger partial charge in [-0.1, -0.05) is 32.4 Å². The molecule has 0 aromatic heterocycles. The quantitative estimate of drug-likeness (QED) is 0.909. The second kappa shape index (κ2) is 5.91. The number of rotatable bonds is 5. The average Bonchev–Trinajstić information content (AvgIpc) is 2.36. The molecule has 0 saturated carbocycles. The molecular formula is C13H17ClN2O2S. The number of benzene rings is 1. The molecule has 0 bridgehead atoms. The van der Waals surface area contributed by atoms with E-state index in [-0.39, 0.29) is 20.9 Å². The first-order valence-corrected chi connectivity index (χ1v) is 7.77. The third-order valence-electron chi connectivity index (χ3n) is 3.07. The van der Waals surface area contributed by atoms with Crippen LogP contribution in [0, 0.1) is 16.7 Å². The van der Waals surface area contributed by atoms with E-state index in [1.165, 1.54) is 18.2 Å². The Kier molecular flexibility index (Phi) is 4.97. The molecule has 104 valence electrons. The molecule has 0 unspecified atom stereocenters. The standard InChI is InChI=1S/C13H17ClN2O2S/c1-4-13(2,3)9-16-19(17,18)11-6-5-10(8-15)12(14)7-11/h5-7,16H,4,9H2,1-3H3. The van der Waals surface area contributed by atoms with E-state index in [1.54, 1.807) is 0 Å². The lowest BCUT2D eigenvalue weighted by Gasteiger charge is -2.22. The highest BCUT2D eigenvalue weighted by Crippen LogP contribution is 2.22. The van der Waals surface area contributed by atoms with E-state index in [0.717, 1.165) is 6.42 Å². The van der Waals surface area contributed by atoms with Crippen LogP contribution in [0.3, 0.4) is 0 Å². The Morgan fingerprint density at radius 2 is 2.05 bits per heavy atom. The molecule has 19 heavy (non-hydrogen) atoms. The second-order valence-corrected chi connectivity index (χ2v) is 7.27. The molecule has 1 aromatic carbocycles. The van der Waals surface area contributed by atoms with Crippen LogP contribution in [0.25, 0.3) is 0 Å². The maximum Gasteiger partial charge on any atom is 0.240 e. The van der Waals surface area contributed by atoms with Crippen LogP contribution in [0.1, 0.15) is 32.8 Å². The first-order chi connectivity index (χ1) is 8.72. The van der Waals surface area contributed by atoms with Crippen molar-refractivity contribution in [2.45, 2.75) is 32.1 Å². The molecule has 6 heteroatoms. The van der Waals surface area contributed by atoms with Crippen molar-refractivity contribution >= 4 is 21.6 Å². The van der Waals surface area contributed by atoms with Crippen LogP contribution in [0.4, 0.5) is 0 Å². The minimum atomic E-state index is -3.59. The third-order valence-corrected chi connectivity index (χ3v) is 4.78. The van der Waals surface area contributed by atoms with Crippen LogP contribution in [-0.2, 0) is 10.0 Å². The number of nitriles is 1. The number of hydrogen-bond acceptors (Lipinski definition) is 3. The van der Waals surface area contributed by atoms with Gasteiger partial charge in [-0.2, -0.15) is 5.26 Å². The van der Waals surface area contributed by atoms with Crippen molar-refractivity contribution < 1.29 is 8.42 Å². The smallest absolute Gasteiger partial charge is 0.211 e. The van der Waals surface area contributed by atoms with Crippen LogP contribution >= 0.6 is 11.6 Å². The number of nitrogens with zero attached hydrogens (tertiary/aromatic N) is 1. The summed E-state index contributed by atoms with van der Waals surface area (Å²) in [5.41, 5.74) is 0.151. The van der Waals surface area contributed by atoms with Gasteiger partial charge in [-0.3, -0.25) is 0 Å². The molecule has 0 heterocycles. The summed E-state index contributed by atoms with van der Waals surface area (Å²) in [4.78, 5) is 0.0726. The van der Waals surface area contributed by atoms with Gasteiger partial charge in [0, 0.05) is 6.54 Å². The summed E-state index contributed by atoms with van der Waals surface area (Å²) in [7, 11) is -3.59. The summed E-state index contributed by atoms with van der Waals surface area (Å²) >= 11 is 5.84. The van der Waals surface area contributed by atoms with Crippen LogP contribution in [0.2, 0.25) is 5.02 Å². The van der Waals surface area contributed by atoms with Gasteiger partial charge in [0.05, 0.1) is 15.5 Å². The van der Waals surface area contributed by atoms with Crippen molar-refractivity contribution in [3.8, 4) is 6.07 Å². The monoisotopic (exact) mass is 300 g/mol. The van der Waals surface area contributed by atoms with E-state index < -0.39 is 10.0 Å². The van der Waals surface area contributed by atoms with Crippen molar-refractivity contribution in [2.75, 3.05) is 6.54 Å². The number of hydrogen-bond donors (Lipinski definition) is 1. The van der Waals surface area contributed by atoms with Gasteiger partial charge < -0.3 is 0 Å². The summed E-state index contributed by atoms with van der Waals surface area (Å²) in [6, 6.07) is 5.97. The van der Waals surface area contributed by atoms with Gasteiger partial charge in [0.2, 0.25) is 10.0 Å². The van der Waals surface area contributed by atoms with E-state index >= 15 is 0 Å². The SMILES string of the molecule is CCC(C)(C)CNS(=O)(=O)c1ccc(C#N)c(Cl)c1. The Morgan fingerprint density at radius 3 is 2.53 bits per heavy atom. The van der Waals surface area contributed by atoms with Gasteiger partial charge in [0.15, 0.2) is 0 Å². The Balaban J connectivity index is 2.96. The topological polar surface area (TPSA) is 70.0 Å². The molecule has 0 aliphatic rings. The first kappa shape index (κ1) is 16.0. The minimum absolute atomic E-state index is 0.0726. The fraction of sp³-hybridized carbons (Fsp3) is 0.462. The van der Waals surface area contributed by atoms with Crippen molar-refractivity contribution in [1.82, 2.24) is 4.72 Å². The maximum absolute atomic E-state index is 12.1. The summed E-state index contributed by atoms with van der Waals surface area (Å²) in [6.07, 6.45) is 0.865. The number of halogens is 1. The van der Waals surface area contributed by atoms with Crippen LogP contribution < -0.4 is 4.72 Å². The molecule has 0 aliphatic carbocycles. The molecule has 1 rings (SSSR count). The van der Waals surface area contributed by atoms with Crippen LogP contribution in [0.5, 0.6) is 0 Å². The zero-order valence-electron chi connectivity index (χ0n) is 11.2. The molecule has 0 fully saturated rings. The summed E-state index contributed by atoms with van der Waals surface area (Å²) < 4.78 is 26.7. The van der Waals surface area contributed by atoms with Gasteiger partial charge >= 0.3 is 0 Å². The van der Waals surface area contributed by atoms with E-state index in [1.807, 2.05) is 26.8 Å². The van der Waals surface area contributed by atoms with E-state index in [2.05, 4.69) is 4.72 Å². The predicted molar refractivity (Wildman–Crippen MR) is 75.4 cm³/mol. The Bertz CT molecular complexity index is 604. The van der Waals surface area contributed by atoms with E-state index in [0.29, 0.717) is 6.54 Å². The maximum atomic E-state index is 12.1. The molecule has 0 aliphatic heterocycles. The molecule has 0 atom stereocenters. The average molecular weight is 301 g/mol. The minimum Gasteiger partial charge on any atom is -0.211 e. The normalized spacial score (nSPS) is 12.2. The largest absolute Gasteiger partial charge is 0.240 e. The third kappa shape index (κ3) is 4.20. The Hall–Kier alpha value is -1.09. The van der Waals surface area contributed by atoms with Crippen molar-refractivity contribution in [1.29, 1.82) is 5.26 Å². The molecule has 1 aromatic rings. The van der Waals surface area contributed by atoms with Crippen molar-refractivity contribution in [3.05, 3.63) is 28.8 Å².